The SMILES string of the molecule is O=S(=O)(c1ccc(-c2csc(C3CC3)n2)cc1)N1CCOCC1. The van der Waals surface area contributed by atoms with Gasteiger partial charge < -0.3 is 4.74 Å². The smallest absolute Gasteiger partial charge is 0.243 e. The highest BCUT2D eigenvalue weighted by atomic mass is 32.2. The van der Waals surface area contributed by atoms with Crippen LogP contribution in [0.4, 0.5) is 0 Å². The molecule has 1 saturated carbocycles. The maximum Gasteiger partial charge on any atom is 0.243 e. The Kier molecular flexibility index (Phi) is 3.96. The predicted molar refractivity (Wildman–Crippen MR) is 89.1 cm³/mol. The van der Waals surface area contributed by atoms with Gasteiger partial charge in [-0.1, -0.05) is 12.1 Å². The molecule has 1 saturated heterocycles. The molecule has 2 fully saturated rings. The summed E-state index contributed by atoms with van der Waals surface area (Å²) < 4.78 is 31.9. The van der Waals surface area contributed by atoms with Gasteiger partial charge >= 0.3 is 0 Å². The van der Waals surface area contributed by atoms with Gasteiger partial charge in [-0.05, 0) is 25.0 Å². The van der Waals surface area contributed by atoms with Gasteiger partial charge in [0.25, 0.3) is 0 Å². The van der Waals surface area contributed by atoms with Crippen molar-refractivity contribution in [3.8, 4) is 11.3 Å². The normalized spacial score (nSPS) is 19.8. The average molecular weight is 350 g/mol. The first-order chi connectivity index (χ1) is 11.1. The Morgan fingerprint density at radius 3 is 2.48 bits per heavy atom. The van der Waals surface area contributed by atoms with Gasteiger partial charge in [0.05, 0.1) is 28.8 Å². The van der Waals surface area contributed by atoms with Crippen LogP contribution < -0.4 is 0 Å². The highest BCUT2D eigenvalue weighted by Gasteiger charge is 2.28. The summed E-state index contributed by atoms with van der Waals surface area (Å²) in [5, 5.41) is 3.25. The number of hydrogen-bond donors (Lipinski definition) is 0. The summed E-state index contributed by atoms with van der Waals surface area (Å²) in [5.41, 5.74) is 1.90. The molecule has 2 heterocycles. The van der Waals surface area contributed by atoms with Crippen LogP contribution in [0.1, 0.15) is 23.8 Å². The van der Waals surface area contributed by atoms with E-state index >= 15 is 0 Å². The monoisotopic (exact) mass is 350 g/mol. The summed E-state index contributed by atoms with van der Waals surface area (Å²) in [6.45, 7) is 1.75. The molecule has 0 bridgehead atoms. The van der Waals surface area contributed by atoms with E-state index in [1.165, 1.54) is 22.2 Å². The molecule has 2 aliphatic rings. The first-order valence-corrected chi connectivity index (χ1v) is 10.1. The zero-order chi connectivity index (χ0) is 15.9. The van der Waals surface area contributed by atoms with Crippen LogP contribution in [0.25, 0.3) is 11.3 Å². The average Bonchev–Trinajstić information content (AvgIpc) is 3.33. The van der Waals surface area contributed by atoms with E-state index < -0.39 is 10.0 Å². The van der Waals surface area contributed by atoms with Crippen molar-refractivity contribution in [2.24, 2.45) is 0 Å². The van der Waals surface area contributed by atoms with Crippen molar-refractivity contribution in [1.82, 2.24) is 9.29 Å². The number of nitrogens with zero attached hydrogens (tertiary/aromatic N) is 2. The maximum absolute atomic E-state index is 12.6. The maximum atomic E-state index is 12.6. The molecule has 0 radical (unpaired) electrons. The Bertz CT molecular complexity index is 789. The lowest BCUT2D eigenvalue weighted by Crippen LogP contribution is -2.40. The Labute approximate surface area is 140 Å². The van der Waals surface area contributed by atoms with Gasteiger partial charge in [0.15, 0.2) is 0 Å². The van der Waals surface area contributed by atoms with E-state index in [0.717, 1.165) is 11.3 Å². The van der Waals surface area contributed by atoms with E-state index in [9.17, 15) is 8.42 Å². The van der Waals surface area contributed by atoms with E-state index in [4.69, 9.17) is 4.74 Å². The van der Waals surface area contributed by atoms with Crippen molar-refractivity contribution >= 4 is 21.4 Å². The summed E-state index contributed by atoms with van der Waals surface area (Å²) in [6, 6.07) is 7.05. The fraction of sp³-hybridized carbons (Fsp3) is 0.438. The molecule has 0 unspecified atom stereocenters. The van der Waals surface area contributed by atoms with Gasteiger partial charge in [0.2, 0.25) is 10.0 Å². The molecule has 2 aromatic rings. The molecule has 4 rings (SSSR count). The van der Waals surface area contributed by atoms with Crippen molar-refractivity contribution in [3.05, 3.63) is 34.7 Å². The van der Waals surface area contributed by atoms with Crippen molar-refractivity contribution in [2.75, 3.05) is 26.3 Å². The molecule has 0 amide bonds. The molecule has 0 N–H and O–H groups in total. The minimum absolute atomic E-state index is 0.334. The Balaban J connectivity index is 1.56. The molecule has 1 aromatic carbocycles. The number of hydrogen-bond acceptors (Lipinski definition) is 5. The van der Waals surface area contributed by atoms with Crippen LogP contribution in [0, 0.1) is 0 Å². The van der Waals surface area contributed by atoms with Crippen LogP contribution in [0.15, 0.2) is 34.5 Å². The summed E-state index contributed by atoms with van der Waals surface area (Å²) in [5.74, 6) is 0.648. The van der Waals surface area contributed by atoms with E-state index in [-0.39, 0.29) is 0 Å². The van der Waals surface area contributed by atoms with Crippen LogP contribution in [0.2, 0.25) is 0 Å². The molecule has 1 aliphatic carbocycles. The van der Waals surface area contributed by atoms with Crippen molar-refractivity contribution in [1.29, 1.82) is 0 Å². The van der Waals surface area contributed by atoms with E-state index in [1.54, 1.807) is 23.5 Å². The third kappa shape index (κ3) is 3.06. The molecule has 5 nitrogen and oxygen atoms in total. The van der Waals surface area contributed by atoms with Gasteiger partial charge in [-0.15, -0.1) is 11.3 Å². The van der Waals surface area contributed by atoms with Crippen LogP contribution in [0.5, 0.6) is 0 Å². The molecule has 23 heavy (non-hydrogen) atoms. The number of rotatable bonds is 4. The van der Waals surface area contributed by atoms with Gasteiger partial charge in [-0.3, -0.25) is 0 Å². The van der Waals surface area contributed by atoms with Crippen LogP contribution in [0.3, 0.4) is 0 Å². The van der Waals surface area contributed by atoms with Crippen LogP contribution in [-0.2, 0) is 14.8 Å². The zero-order valence-corrected chi connectivity index (χ0v) is 14.3. The van der Waals surface area contributed by atoms with E-state index in [0.29, 0.717) is 37.1 Å². The number of ether oxygens (including phenoxy) is 1. The largest absolute Gasteiger partial charge is 0.379 e. The standard InChI is InChI=1S/C16H18N2O3S2/c19-23(20,18-7-9-21-10-8-18)14-5-3-12(4-6-14)15-11-22-16(17-15)13-1-2-13/h3-6,11,13H,1-2,7-10H2. The fourth-order valence-electron chi connectivity index (χ4n) is 2.67. The van der Waals surface area contributed by atoms with Gasteiger partial charge in [0, 0.05) is 30.0 Å². The van der Waals surface area contributed by atoms with Gasteiger partial charge in [0.1, 0.15) is 0 Å². The second-order valence-electron chi connectivity index (χ2n) is 5.89. The highest BCUT2D eigenvalue weighted by molar-refractivity contribution is 7.89. The molecular formula is C16H18N2O3S2. The lowest BCUT2D eigenvalue weighted by Gasteiger charge is -2.26. The second-order valence-corrected chi connectivity index (χ2v) is 8.71. The van der Waals surface area contributed by atoms with E-state index in [2.05, 4.69) is 10.4 Å². The van der Waals surface area contributed by atoms with Crippen LogP contribution in [-0.4, -0.2) is 44.0 Å². The lowest BCUT2D eigenvalue weighted by atomic mass is 10.2. The molecule has 0 atom stereocenters. The first kappa shape index (κ1) is 15.3. The Morgan fingerprint density at radius 1 is 1.13 bits per heavy atom. The van der Waals surface area contributed by atoms with Crippen molar-refractivity contribution in [2.45, 2.75) is 23.7 Å². The molecule has 122 valence electrons. The zero-order valence-electron chi connectivity index (χ0n) is 12.6. The Morgan fingerprint density at radius 2 is 1.83 bits per heavy atom. The molecule has 1 aromatic heterocycles. The van der Waals surface area contributed by atoms with Crippen molar-refractivity contribution in [3.63, 3.8) is 0 Å². The van der Waals surface area contributed by atoms with Crippen LogP contribution >= 0.6 is 11.3 Å². The molecule has 1 aliphatic heterocycles. The predicted octanol–water partition coefficient (Wildman–Crippen LogP) is 2.71. The first-order valence-electron chi connectivity index (χ1n) is 7.78. The number of morpholine rings is 1. The fourth-order valence-corrected chi connectivity index (χ4v) is 5.08. The topological polar surface area (TPSA) is 59.5 Å². The third-order valence-electron chi connectivity index (χ3n) is 4.21. The minimum atomic E-state index is -3.42. The minimum Gasteiger partial charge on any atom is -0.379 e. The highest BCUT2D eigenvalue weighted by Crippen LogP contribution is 2.42. The van der Waals surface area contributed by atoms with Gasteiger partial charge in [-0.2, -0.15) is 4.31 Å². The summed E-state index contributed by atoms with van der Waals surface area (Å²) in [6.07, 6.45) is 2.48. The van der Waals surface area contributed by atoms with Gasteiger partial charge in [-0.25, -0.2) is 13.4 Å². The molecule has 7 heteroatoms. The quantitative estimate of drug-likeness (QED) is 0.851. The lowest BCUT2D eigenvalue weighted by molar-refractivity contribution is 0.0730. The third-order valence-corrected chi connectivity index (χ3v) is 7.13. The van der Waals surface area contributed by atoms with Crippen molar-refractivity contribution < 1.29 is 13.2 Å². The molecule has 0 spiro atoms. The second kappa shape index (κ2) is 5.98. The molecular weight excluding hydrogens is 332 g/mol. The summed E-state index contributed by atoms with van der Waals surface area (Å²) in [7, 11) is -3.42. The summed E-state index contributed by atoms with van der Waals surface area (Å²) in [4.78, 5) is 5.00. The number of sulfonamides is 1. The number of thiazole rings is 1. The van der Waals surface area contributed by atoms with E-state index in [1.807, 2.05) is 12.1 Å². The Hall–Kier alpha value is -1.28. The number of benzene rings is 1. The summed E-state index contributed by atoms with van der Waals surface area (Å²) >= 11 is 1.70. The number of aromatic nitrogens is 1.